The lowest BCUT2D eigenvalue weighted by Gasteiger charge is -2.27. The number of methoxy groups -OCH3 is 2. The van der Waals surface area contributed by atoms with Crippen LogP contribution < -0.4 is 10.6 Å². The molecular formula is C21H30N4O5S. The predicted octanol–water partition coefficient (Wildman–Crippen LogP) is 1.13. The van der Waals surface area contributed by atoms with Crippen molar-refractivity contribution in [1.82, 2.24) is 15.1 Å². The lowest BCUT2D eigenvalue weighted by atomic mass is 10.2. The van der Waals surface area contributed by atoms with Gasteiger partial charge in [-0.1, -0.05) is 12.1 Å². The number of carbonyl (C=O) groups excluding carboxylic acids is 3. The molecule has 0 radical (unpaired) electrons. The van der Waals surface area contributed by atoms with E-state index in [2.05, 4.69) is 20.3 Å². The summed E-state index contributed by atoms with van der Waals surface area (Å²) in [6, 6.07) is 6.93. The number of anilines is 1. The lowest BCUT2D eigenvalue weighted by Crippen LogP contribution is -2.49. The van der Waals surface area contributed by atoms with Crippen LogP contribution in [0.5, 0.6) is 0 Å². The molecule has 1 aromatic rings. The van der Waals surface area contributed by atoms with Crippen LogP contribution in [-0.4, -0.2) is 79.2 Å². The standard InChI is InChI=1S/C21H30N4O5S/c1-15(26)22-17-7-5-16(6-8-17)14-24-9-4-10-25(12-11-24)21(31)23-18(20(28)30-3)13-19(27)29-2/h5-8,18H,4,9-14H2,1-3H3,(H,22,26)(H,23,31). The summed E-state index contributed by atoms with van der Waals surface area (Å²) in [5.74, 6) is -1.17. The molecule has 0 bridgehead atoms. The van der Waals surface area contributed by atoms with Crippen molar-refractivity contribution < 1.29 is 23.9 Å². The van der Waals surface area contributed by atoms with Gasteiger partial charge in [-0.15, -0.1) is 0 Å². The summed E-state index contributed by atoms with van der Waals surface area (Å²) in [5.41, 5.74) is 1.94. The predicted molar refractivity (Wildman–Crippen MR) is 120 cm³/mol. The van der Waals surface area contributed by atoms with Gasteiger partial charge in [0.25, 0.3) is 0 Å². The van der Waals surface area contributed by atoms with E-state index in [1.807, 2.05) is 29.2 Å². The smallest absolute Gasteiger partial charge is 0.328 e. The number of nitrogens with zero attached hydrogens (tertiary/aromatic N) is 2. The average Bonchev–Trinajstić information content (AvgIpc) is 2.99. The van der Waals surface area contributed by atoms with Crippen molar-refractivity contribution in [2.45, 2.75) is 32.4 Å². The number of esters is 2. The Kier molecular flexibility index (Phi) is 9.67. The molecule has 1 aliphatic heterocycles. The molecule has 0 saturated carbocycles. The van der Waals surface area contributed by atoms with Crippen molar-refractivity contribution in [3.05, 3.63) is 29.8 Å². The van der Waals surface area contributed by atoms with Crippen LogP contribution in [0.2, 0.25) is 0 Å². The quantitative estimate of drug-likeness (QED) is 0.468. The van der Waals surface area contributed by atoms with Crippen molar-refractivity contribution in [1.29, 1.82) is 0 Å². The van der Waals surface area contributed by atoms with Gasteiger partial charge in [0.2, 0.25) is 5.91 Å². The normalized spacial score (nSPS) is 15.4. The largest absolute Gasteiger partial charge is 0.469 e. The molecule has 31 heavy (non-hydrogen) atoms. The number of nitrogens with one attached hydrogen (secondary N) is 2. The number of rotatable bonds is 7. The number of thiocarbonyl (C=S) groups is 1. The molecule has 10 heteroatoms. The van der Waals surface area contributed by atoms with Crippen molar-refractivity contribution in [2.75, 3.05) is 45.7 Å². The molecule has 1 unspecified atom stereocenters. The van der Waals surface area contributed by atoms with Crippen LogP contribution in [0.4, 0.5) is 5.69 Å². The molecule has 170 valence electrons. The first-order valence-electron chi connectivity index (χ1n) is 10.1. The van der Waals surface area contributed by atoms with Crippen LogP contribution in [0, 0.1) is 0 Å². The number of ether oxygens (including phenoxy) is 2. The van der Waals surface area contributed by atoms with Crippen LogP contribution in [0.25, 0.3) is 0 Å². The highest BCUT2D eigenvalue weighted by atomic mass is 32.1. The van der Waals surface area contributed by atoms with Gasteiger partial charge in [0, 0.05) is 45.3 Å². The zero-order valence-corrected chi connectivity index (χ0v) is 19.0. The van der Waals surface area contributed by atoms with Crippen molar-refractivity contribution in [2.24, 2.45) is 0 Å². The Morgan fingerprint density at radius 3 is 2.39 bits per heavy atom. The van der Waals surface area contributed by atoms with Crippen LogP contribution in [0.3, 0.4) is 0 Å². The number of benzene rings is 1. The van der Waals surface area contributed by atoms with Gasteiger partial charge in [-0.25, -0.2) is 4.79 Å². The minimum absolute atomic E-state index is 0.0917. The fourth-order valence-corrected chi connectivity index (χ4v) is 3.64. The zero-order chi connectivity index (χ0) is 22.8. The fourth-order valence-electron chi connectivity index (χ4n) is 3.31. The van der Waals surface area contributed by atoms with E-state index in [1.54, 1.807) is 0 Å². The molecule has 1 fully saturated rings. The van der Waals surface area contributed by atoms with Crippen molar-refractivity contribution >= 4 is 40.9 Å². The molecular weight excluding hydrogens is 420 g/mol. The molecule has 0 spiro atoms. The lowest BCUT2D eigenvalue weighted by molar-refractivity contribution is -0.149. The Balaban J connectivity index is 1.89. The maximum absolute atomic E-state index is 12.0. The summed E-state index contributed by atoms with van der Waals surface area (Å²) < 4.78 is 9.41. The monoisotopic (exact) mass is 450 g/mol. The zero-order valence-electron chi connectivity index (χ0n) is 18.2. The van der Waals surface area contributed by atoms with Gasteiger partial charge >= 0.3 is 11.9 Å². The fraction of sp³-hybridized carbons (Fsp3) is 0.524. The first-order valence-corrected chi connectivity index (χ1v) is 10.5. The second-order valence-electron chi connectivity index (χ2n) is 7.30. The molecule has 1 atom stereocenters. The van der Waals surface area contributed by atoms with Crippen molar-refractivity contribution in [3.8, 4) is 0 Å². The molecule has 1 saturated heterocycles. The highest BCUT2D eigenvalue weighted by Gasteiger charge is 2.26. The second-order valence-corrected chi connectivity index (χ2v) is 7.69. The molecule has 0 aliphatic carbocycles. The number of hydrogen-bond acceptors (Lipinski definition) is 7. The molecule has 2 rings (SSSR count). The van der Waals surface area contributed by atoms with Gasteiger partial charge in [-0.2, -0.15) is 0 Å². The van der Waals surface area contributed by atoms with Gasteiger partial charge in [-0.3, -0.25) is 14.5 Å². The Bertz CT molecular complexity index is 786. The Morgan fingerprint density at radius 1 is 1.06 bits per heavy atom. The Labute approximate surface area is 188 Å². The first kappa shape index (κ1) is 24.5. The first-order chi connectivity index (χ1) is 14.8. The van der Waals surface area contributed by atoms with Crippen LogP contribution in [-0.2, 0) is 30.4 Å². The van der Waals surface area contributed by atoms with Crippen LogP contribution >= 0.6 is 12.2 Å². The third kappa shape index (κ3) is 8.14. The van der Waals surface area contributed by atoms with E-state index in [1.165, 1.54) is 21.1 Å². The van der Waals surface area contributed by atoms with E-state index in [0.29, 0.717) is 11.7 Å². The van der Waals surface area contributed by atoms with E-state index >= 15 is 0 Å². The molecule has 1 aromatic carbocycles. The van der Waals surface area contributed by atoms with Gasteiger partial charge in [0.15, 0.2) is 5.11 Å². The van der Waals surface area contributed by atoms with Gasteiger partial charge < -0.3 is 25.0 Å². The van der Waals surface area contributed by atoms with E-state index in [9.17, 15) is 14.4 Å². The summed E-state index contributed by atoms with van der Waals surface area (Å²) in [7, 11) is 2.54. The third-order valence-corrected chi connectivity index (χ3v) is 5.31. The molecule has 1 heterocycles. The minimum Gasteiger partial charge on any atom is -0.469 e. The van der Waals surface area contributed by atoms with E-state index in [0.717, 1.165) is 43.9 Å². The highest BCUT2D eigenvalue weighted by Crippen LogP contribution is 2.13. The molecule has 9 nitrogen and oxygen atoms in total. The summed E-state index contributed by atoms with van der Waals surface area (Å²) in [6.45, 7) is 5.43. The molecule has 0 aromatic heterocycles. The number of carbonyl (C=O) groups is 3. The maximum atomic E-state index is 12.0. The SMILES string of the molecule is COC(=O)CC(NC(=S)N1CCCN(Cc2ccc(NC(C)=O)cc2)CC1)C(=O)OC. The van der Waals surface area contributed by atoms with E-state index < -0.39 is 18.0 Å². The maximum Gasteiger partial charge on any atom is 0.328 e. The van der Waals surface area contributed by atoms with E-state index in [-0.39, 0.29) is 12.3 Å². The minimum atomic E-state index is -0.883. The van der Waals surface area contributed by atoms with Crippen LogP contribution in [0.1, 0.15) is 25.3 Å². The van der Waals surface area contributed by atoms with Crippen molar-refractivity contribution in [3.63, 3.8) is 0 Å². The van der Waals surface area contributed by atoms with Crippen LogP contribution in [0.15, 0.2) is 24.3 Å². The summed E-state index contributed by atoms with van der Waals surface area (Å²) in [6.07, 6.45) is 0.753. The number of amides is 1. The van der Waals surface area contributed by atoms with Gasteiger partial charge in [-0.05, 0) is 36.3 Å². The summed E-state index contributed by atoms with van der Waals surface area (Å²) >= 11 is 5.49. The topological polar surface area (TPSA) is 100 Å². The third-order valence-electron chi connectivity index (χ3n) is 4.94. The number of hydrogen-bond donors (Lipinski definition) is 2. The molecule has 1 aliphatic rings. The molecule has 1 amide bonds. The molecule has 2 N–H and O–H groups in total. The van der Waals surface area contributed by atoms with E-state index in [4.69, 9.17) is 17.0 Å². The Hall–Kier alpha value is -2.72. The highest BCUT2D eigenvalue weighted by molar-refractivity contribution is 7.80. The summed E-state index contributed by atoms with van der Waals surface area (Å²) in [5, 5.41) is 6.13. The Morgan fingerprint density at radius 2 is 1.77 bits per heavy atom. The second kappa shape index (κ2) is 12.2. The van der Waals surface area contributed by atoms with Gasteiger partial charge in [0.05, 0.1) is 20.6 Å². The summed E-state index contributed by atoms with van der Waals surface area (Å²) in [4.78, 5) is 39.1. The average molecular weight is 451 g/mol. The van der Waals surface area contributed by atoms with Gasteiger partial charge in [0.1, 0.15) is 6.04 Å².